The van der Waals surface area contributed by atoms with Crippen LogP contribution in [0.15, 0.2) is 54.9 Å². The van der Waals surface area contributed by atoms with E-state index in [-0.39, 0.29) is 6.03 Å². The fourth-order valence-electron chi connectivity index (χ4n) is 2.32. The summed E-state index contributed by atoms with van der Waals surface area (Å²) in [5.41, 5.74) is 1.80. The Labute approximate surface area is 112 Å². The summed E-state index contributed by atoms with van der Waals surface area (Å²) in [6, 6.07) is 13.6. The van der Waals surface area contributed by atoms with E-state index in [1.807, 2.05) is 47.4 Å². The summed E-state index contributed by atoms with van der Waals surface area (Å²) < 4.78 is 0. The van der Waals surface area contributed by atoms with Gasteiger partial charge in [-0.25, -0.2) is 4.79 Å². The number of aromatic nitrogens is 1. The van der Waals surface area contributed by atoms with Gasteiger partial charge in [0, 0.05) is 25.0 Å². The maximum absolute atomic E-state index is 12.6. The Morgan fingerprint density at radius 3 is 2.26 bits per heavy atom. The van der Waals surface area contributed by atoms with Gasteiger partial charge in [-0.15, -0.1) is 0 Å². The average Bonchev–Trinajstić information content (AvgIpc) is 2.49. The molecule has 0 atom stereocenters. The maximum Gasteiger partial charge on any atom is 0.329 e. The molecule has 1 aromatic carbocycles. The van der Waals surface area contributed by atoms with E-state index in [1.165, 1.54) is 0 Å². The number of hydrogen-bond acceptors (Lipinski definition) is 2. The first-order valence-electron chi connectivity index (χ1n) is 6.40. The van der Waals surface area contributed by atoms with Gasteiger partial charge in [-0.05, 0) is 30.7 Å². The van der Waals surface area contributed by atoms with Crippen LogP contribution < -0.4 is 9.80 Å². The highest BCUT2D eigenvalue weighted by Crippen LogP contribution is 2.23. The van der Waals surface area contributed by atoms with E-state index in [0.717, 1.165) is 30.9 Å². The molecule has 19 heavy (non-hydrogen) atoms. The second-order valence-corrected chi connectivity index (χ2v) is 4.49. The van der Waals surface area contributed by atoms with Crippen LogP contribution in [0.3, 0.4) is 0 Å². The van der Waals surface area contributed by atoms with Crippen molar-refractivity contribution in [1.29, 1.82) is 0 Å². The van der Waals surface area contributed by atoms with E-state index in [4.69, 9.17) is 0 Å². The molecule has 2 amide bonds. The number of urea groups is 1. The molecule has 1 aromatic heterocycles. The molecule has 1 aliphatic heterocycles. The van der Waals surface area contributed by atoms with Crippen LogP contribution >= 0.6 is 0 Å². The summed E-state index contributed by atoms with van der Waals surface area (Å²) in [5, 5.41) is 0. The number of amides is 2. The zero-order chi connectivity index (χ0) is 13.1. The molecule has 0 N–H and O–H groups in total. The molecular formula is C15H15N3O. The largest absolute Gasteiger partial charge is 0.329 e. The van der Waals surface area contributed by atoms with Crippen molar-refractivity contribution < 1.29 is 4.79 Å². The van der Waals surface area contributed by atoms with E-state index in [1.54, 1.807) is 17.3 Å². The molecule has 0 saturated carbocycles. The number of nitrogens with zero attached hydrogens (tertiary/aromatic N) is 3. The van der Waals surface area contributed by atoms with Gasteiger partial charge in [-0.2, -0.15) is 0 Å². The highest BCUT2D eigenvalue weighted by atomic mass is 16.2. The first-order chi connectivity index (χ1) is 9.36. The van der Waals surface area contributed by atoms with Gasteiger partial charge in [0.2, 0.25) is 0 Å². The van der Waals surface area contributed by atoms with Gasteiger partial charge in [-0.3, -0.25) is 14.8 Å². The minimum Gasteiger partial charge on any atom is -0.294 e. The number of carbonyl (C=O) groups is 1. The van der Waals surface area contributed by atoms with Gasteiger partial charge in [0.1, 0.15) is 0 Å². The van der Waals surface area contributed by atoms with E-state index >= 15 is 0 Å². The molecule has 96 valence electrons. The molecule has 2 aromatic rings. The van der Waals surface area contributed by atoms with Crippen LogP contribution in [0.25, 0.3) is 0 Å². The Kier molecular flexibility index (Phi) is 3.14. The summed E-state index contributed by atoms with van der Waals surface area (Å²) in [6.45, 7) is 1.51. The van der Waals surface area contributed by atoms with Crippen LogP contribution in [0.2, 0.25) is 0 Å². The van der Waals surface area contributed by atoms with Crippen molar-refractivity contribution in [2.24, 2.45) is 0 Å². The third-order valence-electron chi connectivity index (χ3n) is 3.25. The molecule has 0 radical (unpaired) electrons. The third-order valence-corrected chi connectivity index (χ3v) is 3.25. The molecule has 4 heteroatoms. The zero-order valence-corrected chi connectivity index (χ0v) is 10.6. The number of pyridine rings is 1. The SMILES string of the molecule is O=C1N(c2ccccc2)CCCN1c1cccnc1. The average molecular weight is 253 g/mol. The number of benzene rings is 1. The van der Waals surface area contributed by atoms with Crippen molar-refractivity contribution in [3.8, 4) is 0 Å². The lowest BCUT2D eigenvalue weighted by Gasteiger charge is -2.35. The van der Waals surface area contributed by atoms with Gasteiger partial charge in [0.05, 0.1) is 11.9 Å². The smallest absolute Gasteiger partial charge is 0.294 e. The third kappa shape index (κ3) is 2.29. The first kappa shape index (κ1) is 11.7. The highest BCUT2D eigenvalue weighted by molar-refractivity contribution is 6.04. The van der Waals surface area contributed by atoms with Crippen molar-refractivity contribution in [2.75, 3.05) is 22.9 Å². The predicted octanol–water partition coefficient (Wildman–Crippen LogP) is 2.92. The minimum atomic E-state index is 0.0189. The van der Waals surface area contributed by atoms with Crippen molar-refractivity contribution in [3.05, 3.63) is 54.9 Å². The summed E-state index contributed by atoms with van der Waals surface area (Å²) in [4.78, 5) is 20.2. The van der Waals surface area contributed by atoms with Gasteiger partial charge in [0.25, 0.3) is 0 Å². The lowest BCUT2D eigenvalue weighted by Crippen LogP contribution is -2.49. The summed E-state index contributed by atoms with van der Waals surface area (Å²) in [7, 11) is 0. The monoisotopic (exact) mass is 253 g/mol. The van der Waals surface area contributed by atoms with Crippen molar-refractivity contribution in [2.45, 2.75) is 6.42 Å². The first-order valence-corrected chi connectivity index (χ1v) is 6.40. The van der Waals surface area contributed by atoms with Crippen molar-refractivity contribution in [3.63, 3.8) is 0 Å². The number of carbonyl (C=O) groups excluding carboxylic acids is 1. The maximum atomic E-state index is 12.6. The molecule has 1 aliphatic rings. The van der Waals surface area contributed by atoms with E-state index in [9.17, 15) is 4.79 Å². The van der Waals surface area contributed by atoms with Gasteiger partial charge >= 0.3 is 6.03 Å². The van der Waals surface area contributed by atoms with E-state index in [2.05, 4.69) is 4.98 Å². The van der Waals surface area contributed by atoms with Gasteiger partial charge in [-0.1, -0.05) is 18.2 Å². The molecule has 0 aliphatic carbocycles. The van der Waals surface area contributed by atoms with Crippen LogP contribution in [0.1, 0.15) is 6.42 Å². The molecule has 0 spiro atoms. The molecule has 4 nitrogen and oxygen atoms in total. The Morgan fingerprint density at radius 1 is 0.895 bits per heavy atom. The fourth-order valence-corrected chi connectivity index (χ4v) is 2.32. The topological polar surface area (TPSA) is 36.4 Å². The summed E-state index contributed by atoms with van der Waals surface area (Å²) in [6.07, 6.45) is 4.40. The van der Waals surface area contributed by atoms with Crippen molar-refractivity contribution >= 4 is 17.4 Å². The van der Waals surface area contributed by atoms with E-state index < -0.39 is 0 Å². The van der Waals surface area contributed by atoms with Crippen LogP contribution in [0, 0.1) is 0 Å². The van der Waals surface area contributed by atoms with E-state index in [0.29, 0.717) is 0 Å². The lowest BCUT2D eigenvalue weighted by atomic mass is 10.2. The van der Waals surface area contributed by atoms with Crippen molar-refractivity contribution in [1.82, 2.24) is 4.98 Å². The van der Waals surface area contributed by atoms with Crippen LogP contribution in [0.5, 0.6) is 0 Å². The Balaban J connectivity index is 1.88. The molecule has 0 bridgehead atoms. The Hall–Kier alpha value is -2.36. The van der Waals surface area contributed by atoms with Crippen LogP contribution in [-0.2, 0) is 0 Å². The van der Waals surface area contributed by atoms with Gasteiger partial charge in [0.15, 0.2) is 0 Å². The fraction of sp³-hybridized carbons (Fsp3) is 0.200. The zero-order valence-electron chi connectivity index (χ0n) is 10.6. The number of anilines is 2. The molecular weight excluding hydrogens is 238 g/mol. The van der Waals surface area contributed by atoms with Gasteiger partial charge < -0.3 is 0 Å². The standard InChI is InChI=1S/C15H15N3O/c19-15-17(13-6-2-1-3-7-13)10-5-11-18(15)14-8-4-9-16-12-14/h1-4,6-9,12H,5,10-11H2. The molecule has 3 rings (SSSR count). The Morgan fingerprint density at radius 2 is 1.58 bits per heavy atom. The molecule has 1 saturated heterocycles. The number of para-hydroxylation sites is 1. The number of rotatable bonds is 2. The minimum absolute atomic E-state index is 0.0189. The normalized spacial score (nSPS) is 15.7. The van der Waals surface area contributed by atoms with Crippen LogP contribution in [0.4, 0.5) is 16.2 Å². The molecule has 1 fully saturated rings. The molecule has 2 heterocycles. The second-order valence-electron chi connectivity index (χ2n) is 4.49. The summed E-state index contributed by atoms with van der Waals surface area (Å²) in [5.74, 6) is 0. The number of hydrogen-bond donors (Lipinski definition) is 0. The quantitative estimate of drug-likeness (QED) is 0.825. The van der Waals surface area contributed by atoms with Crippen LogP contribution in [-0.4, -0.2) is 24.1 Å². The second kappa shape index (κ2) is 5.10. The molecule has 0 unspecified atom stereocenters. The Bertz CT molecular complexity index is 507. The predicted molar refractivity (Wildman–Crippen MR) is 75.4 cm³/mol. The highest BCUT2D eigenvalue weighted by Gasteiger charge is 2.27. The summed E-state index contributed by atoms with van der Waals surface area (Å²) >= 11 is 0. The lowest BCUT2D eigenvalue weighted by molar-refractivity contribution is 0.248.